The molecular formula is C61H43BN2S2. The van der Waals surface area contributed by atoms with Crippen molar-refractivity contribution in [3.63, 3.8) is 0 Å². The molecular weight excluding hydrogens is 836 g/mol. The topological polar surface area (TPSA) is 15.3 Å². The van der Waals surface area contributed by atoms with Crippen molar-refractivity contribution in [3.8, 4) is 33.4 Å². The third kappa shape index (κ3) is 6.45. The van der Waals surface area contributed by atoms with Gasteiger partial charge in [0.15, 0.2) is 7.28 Å². The fraction of sp³-hybridized carbons (Fsp3) is 0.0492. The van der Waals surface area contributed by atoms with Crippen LogP contribution in [0.2, 0.25) is 0 Å². The van der Waals surface area contributed by atoms with Gasteiger partial charge < -0.3 is 10.2 Å². The molecule has 2 nitrogen and oxygen atoms in total. The molecule has 0 saturated heterocycles. The lowest BCUT2D eigenvalue weighted by molar-refractivity contribution is 1.30. The summed E-state index contributed by atoms with van der Waals surface area (Å²) in [6.45, 7) is 6.76. The van der Waals surface area contributed by atoms with Gasteiger partial charge in [0, 0.05) is 69.0 Å². The molecule has 1 aliphatic rings. The Balaban J connectivity index is 1.09. The Morgan fingerprint density at radius 3 is 1.80 bits per heavy atom. The molecule has 0 spiro atoms. The van der Waals surface area contributed by atoms with Crippen molar-refractivity contribution in [2.45, 2.75) is 20.8 Å². The van der Waals surface area contributed by atoms with Crippen molar-refractivity contribution in [1.29, 1.82) is 0 Å². The van der Waals surface area contributed by atoms with E-state index in [1.807, 2.05) is 22.7 Å². The van der Waals surface area contributed by atoms with Gasteiger partial charge >= 0.3 is 0 Å². The highest BCUT2D eigenvalue weighted by atomic mass is 32.1. The summed E-state index contributed by atoms with van der Waals surface area (Å²) < 4.78 is 5.25. The van der Waals surface area contributed by atoms with Crippen molar-refractivity contribution < 1.29 is 0 Å². The summed E-state index contributed by atoms with van der Waals surface area (Å²) in [4.78, 5) is 2.59. The van der Waals surface area contributed by atoms with Crippen LogP contribution in [0.4, 0.5) is 28.4 Å². The van der Waals surface area contributed by atoms with E-state index in [2.05, 4.69) is 225 Å². The van der Waals surface area contributed by atoms with Gasteiger partial charge in [-0.3, -0.25) is 0 Å². The van der Waals surface area contributed by atoms with Gasteiger partial charge in [-0.25, -0.2) is 0 Å². The average molecular weight is 879 g/mol. The van der Waals surface area contributed by atoms with Crippen LogP contribution in [0.5, 0.6) is 0 Å². The smallest absolute Gasteiger partial charge is 0.198 e. The van der Waals surface area contributed by atoms with Crippen LogP contribution in [-0.4, -0.2) is 7.28 Å². The Morgan fingerprint density at radius 2 is 1.06 bits per heavy atom. The summed E-state index contributed by atoms with van der Waals surface area (Å²) in [5.74, 6) is 0. The summed E-state index contributed by atoms with van der Waals surface area (Å²) in [6, 6.07) is 72.5. The van der Waals surface area contributed by atoms with Crippen LogP contribution in [0.3, 0.4) is 0 Å². The fourth-order valence-corrected chi connectivity index (χ4v) is 13.0. The largest absolute Gasteiger partial charge is 0.355 e. The number of hydrogen-bond donors (Lipinski definition) is 1. The van der Waals surface area contributed by atoms with E-state index in [0.717, 1.165) is 18.7 Å². The van der Waals surface area contributed by atoms with Crippen LogP contribution >= 0.6 is 22.7 Å². The van der Waals surface area contributed by atoms with Gasteiger partial charge in [0.25, 0.3) is 0 Å². The molecule has 0 amide bonds. The number of benzene rings is 10. The zero-order valence-electron chi connectivity index (χ0n) is 36.9. The van der Waals surface area contributed by atoms with E-state index in [0.29, 0.717) is 0 Å². The van der Waals surface area contributed by atoms with Crippen LogP contribution in [-0.2, 0) is 0 Å². The average Bonchev–Trinajstić information content (AvgIpc) is 3.90. The van der Waals surface area contributed by atoms with E-state index < -0.39 is 0 Å². The van der Waals surface area contributed by atoms with E-state index >= 15 is 0 Å². The van der Waals surface area contributed by atoms with Gasteiger partial charge in [-0.1, -0.05) is 138 Å². The minimum Gasteiger partial charge on any atom is -0.355 e. The minimum absolute atomic E-state index is 0.798. The second-order valence-electron chi connectivity index (χ2n) is 18.0. The highest BCUT2D eigenvalue weighted by Crippen LogP contribution is 2.47. The normalized spacial score (nSPS) is 12.3. The van der Waals surface area contributed by atoms with Gasteiger partial charge in [-0.2, -0.15) is 0 Å². The van der Waals surface area contributed by atoms with Crippen molar-refractivity contribution in [1.82, 2.24) is 0 Å². The van der Waals surface area contributed by atoms with Gasteiger partial charge in [-0.05, 0) is 148 Å². The predicted molar refractivity (Wildman–Crippen MR) is 291 cm³/mol. The Bertz CT molecular complexity index is 3900. The van der Waals surface area contributed by atoms with Gasteiger partial charge in [0.05, 0.1) is 0 Å². The number of hydrogen-bond acceptors (Lipinski definition) is 4. The first-order valence-electron chi connectivity index (χ1n) is 22.8. The number of thiophene rings is 2. The predicted octanol–water partition coefficient (Wildman–Crippen LogP) is 16.4. The first-order valence-corrected chi connectivity index (χ1v) is 24.4. The zero-order chi connectivity index (χ0) is 44.0. The highest BCUT2D eigenvalue weighted by Gasteiger charge is 2.31. The summed E-state index contributed by atoms with van der Waals surface area (Å²) in [5.41, 5.74) is 19.7. The van der Waals surface area contributed by atoms with E-state index in [9.17, 15) is 0 Å². The van der Waals surface area contributed by atoms with Gasteiger partial charge in [0.1, 0.15) is 0 Å². The SMILES string of the molecule is Cc1cc(C)c(-c2cc(-c3cc4ccccc4cc3Nc3ccc(-c4ccccc4)cc3)c3c(c2)N(c2ccc4c(c2)sc2ccccc24)c2cc4sc5ccccc5c4cc2B3)c(C)c1. The quantitative estimate of drug-likeness (QED) is 0.167. The maximum absolute atomic E-state index is 3.96. The highest BCUT2D eigenvalue weighted by molar-refractivity contribution is 7.26. The molecule has 3 heterocycles. The maximum atomic E-state index is 3.96. The third-order valence-electron chi connectivity index (χ3n) is 13.7. The Labute approximate surface area is 393 Å². The fourth-order valence-electron chi connectivity index (χ4n) is 10.8. The van der Waals surface area contributed by atoms with E-state index in [4.69, 9.17) is 0 Å². The van der Waals surface area contributed by atoms with Crippen LogP contribution in [0.1, 0.15) is 16.7 Å². The summed E-state index contributed by atoms with van der Waals surface area (Å²) in [5, 5.41) is 11.7. The molecule has 5 heteroatoms. The van der Waals surface area contributed by atoms with Crippen LogP contribution in [0, 0.1) is 20.8 Å². The monoisotopic (exact) mass is 878 g/mol. The molecule has 66 heavy (non-hydrogen) atoms. The molecule has 1 N–H and O–H groups in total. The van der Waals surface area contributed by atoms with Crippen molar-refractivity contribution in [2.24, 2.45) is 0 Å². The van der Waals surface area contributed by atoms with Crippen LogP contribution in [0.25, 0.3) is 84.5 Å². The van der Waals surface area contributed by atoms with Crippen molar-refractivity contribution in [3.05, 3.63) is 211 Å². The molecule has 0 saturated carbocycles. The van der Waals surface area contributed by atoms with Gasteiger partial charge in [-0.15, -0.1) is 22.7 Å². The molecule has 0 bridgehead atoms. The number of anilines is 5. The molecule has 13 rings (SSSR count). The number of nitrogens with zero attached hydrogens (tertiary/aromatic N) is 1. The number of nitrogens with one attached hydrogen (secondary N) is 1. The number of fused-ring (bicyclic) bond motifs is 9. The number of aryl methyl sites for hydroxylation is 3. The Hall–Kier alpha value is -7.44. The first-order chi connectivity index (χ1) is 32.4. The second-order valence-corrected chi connectivity index (χ2v) is 20.1. The molecule has 12 aromatic rings. The maximum Gasteiger partial charge on any atom is 0.198 e. The third-order valence-corrected chi connectivity index (χ3v) is 16.0. The molecule has 0 radical (unpaired) electrons. The Morgan fingerprint density at radius 1 is 0.439 bits per heavy atom. The van der Waals surface area contributed by atoms with E-state index in [1.165, 1.54) is 129 Å². The minimum atomic E-state index is 0.798. The van der Waals surface area contributed by atoms with Gasteiger partial charge in [0.2, 0.25) is 0 Å². The van der Waals surface area contributed by atoms with Crippen LogP contribution < -0.4 is 21.1 Å². The summed E-state index contributed by atoms with van der Waals surface area (Å²) in [6.07, 6.45) is 0. The molecule has 0 aliphatic carbocycles. The molecule has 0 unspecified atom stereocenters. The standard InChI is InChI=1S/C61H43BN2S2/c1-36-27-37(2)60(38(3)28-36)43-30-51(49-29-41-15-7-8-16-42(41)31-53(49)63-44-23-21-40(22-24-44)39-13-5-4-6-14-39)61-55(32-43)64(45-25-26-48-46-17-9-11-19-56(46)65-58(48)33-45)54-35-59-50(34-52(54)62-61)47-18-10-12-20-57(47)66-59/h4-35,62-63H,1-3H3. The van der Waals surface area contributed by atoms with Crippen LogP contribution in [0.15, 0.2) is 194 Å². The lowest BCUT2D eigenvalue weighted by atomic mass is 9.57. The number of rotatable bonds is 6. The second kappa shape index (κ2) is 15.3. The summed E-state index contributed by atoms with van der Waals surface area (Å²) >= 11 is 3.78. The summed E-state index contributed by atoms with van der Waals surface area (Å²) in [7, 11) is 0.798. The molecule has 312 valence electrons. The first kappa shape index (κ1) is 39.0. The van der Waals surface area contributed by atoms with E-state index in [1.54, 1.807) is 0 Å². The molecule has 0 atom stereocenters. The molecule has 0 fully saturated rings. The van der Waals surface area contributed by atoms with Crippen molar-refractivity contribution >= 4 is 120 Å². The molecule has 2 aromatic heterocycles. The Kier molecular flexibility index (Phi) is 9.06. The van der Waals surface area contributed by atoms with Crippen molar-refractivity contribution in [2.75, 3.05) is 10.2 Å². The molecule has 1 aliphatic heterocycles. The lowest BCUT2D eigenvalue weighted by Crippen LogP contribution is -2.41. The molecule has 10 aromatic carbocycles. The van der Waals surface area contributed by atoms with E-state index in [-0.39, 0.29) is 0 Å². The zero-order valence-corrected chi connectivity index (χ0v) is 38.6. The lowest BCUT2D eigenvalue weighted by Gasteiger charge is -2.36.